The van der Waals surface area contributed by atoms with Crippen molar-refractivity contribution in [1.29, 1.82) is 5.41 Å². The number of benzene rings is 2. The zero-order valence-electron chi connectivity index (χ0n) is 19.7. The molecule has 0 atom stereocenters. The molecule has 0 saturated heterocycles. The summed E-state index contributed by atoms with van der Waals surface area (Å²) >= 11 is 0.487. The molecular formula is C20H17N3Na2O9S3. The summed E-state index contributed by atoms with van der Waals surface area (Å²) in [5, 5.41) is 21.6. The second-order valence-corrected chi connectivity index (χ2v) is 10.7. The molecule has 17 heteroatoms. The van der Waals surface area contributed by atoms with Crippen molar-refractivity contribution in [2.45, 2.75) is 16.7 Å². The maximum Gasteiger partial charge on any atom is 1.00 e. The van der Waals surface area contributed by atoms with Gasteiger partial charge >= 0.3 is 59.1 Å². The van der Waals surface area contributed by atoms with Crippen molar-refractivity contribution < 1.29 is 99.7 Å². The Morgan fingerprint density at radius 3 is 2.11 bits per heavy atom. The Morgan fingerprint density at radius 1 is 1.00 bits per heavy atom. The Balaban J connectivity index is 0.00000342. The molecule has 0 aromatic heterocycles. The van der Waals surface area contributed by atoms with Gasteiger partial charge in [-0.25, -0.2) is 8.42 Å². The van der Waals surface area contributed by atoms with Crippen molar-refractivity contribution in [3.05, 3.63) is 75.7 Å². The molecule has 6 N–H and O–H groups in total. The van der Waals surface area contributed by atoms with Crippen LogP contribution in [0, 0.1) is 5.41 Å². The van der Waals surface area contributed by atoms with Crippen LogP contribution in [0.25, 0.3) is 5.57 Å². The molecule has 37 heavy (non-hydrogen) atoms. The van der Waals surface area contributed by atoms with E-state index in [1.807, 2.05) is 0 Å². The fourth-order valence-electron chi connectivity index (χ4n) is 3.32. The van der Waals surface area contributed by atoms with Crippen LogP contribution in [-0.4, -0.2) is 31.7 Å². The summed E-state index contributed by atoms with van der Waals surface area (Å²) in [5.74, 6) is 0. The maximum absolute atomic E-state index is 11.8. The minimum Gasteiger partial charge on any atom is -0.744 e. The van der Waals surface area contributed by atoms with E-state index in [0.717, 1.165) is 12.1 Å². The molecule has 12 nitrogen and oxygen atoms in total. The molecule has 3 rings (SSSR count). The van der Waals surface area contributed by atoms with E-state index in [2.05, 4.69) is 9.37 Å². The quantitative estimate of drug-likeness (QED) is 0.0602. The second kappa shape index (κ2) is 13.4. The zero-order chi connectivity index (χ0) is 26.1. The molecule has 0 bridgehead atoms. The minimum atomic E-state index is -5.04. The van der Waals surface area contributed by atoms with Gasteiger partial charge < -0.3 is 21.3 Å². The molecule has 0 saturated carbocycles. The standard InChI is InChI=1S/C20H19N3O9S3.2Na/c1-10-6-13(9-18(20(10)23)35(28,29)30)19(11-2-4-14(21)16(7-11)33-32-31-24)12-3-5-15(22)17(8-12)34(25,26)27;;/h2-9,23-24H,21-22H2,1H3,(H,25,26,27)(H,28,29,30);;/q;2*+1/p-2. The molecule has 1 aliphatic carbocycles. The van der Waals surface area contributed by atoms with Crippen molar-refractivity contribution in [3.63, 3.8) is 0 Å². The molecule has 1 aliphatic rings. The smallest absolute Gasteiger partial charge is 0.744 e. The Bertz CT molecular complexity index is 1540. The van der Waals surface area contributed by atoms with Crippen LogP contribution < -0.4 is 75.8 Å². The summed E-state index contributed by atoms with van der Waals surface area (Å²) in [7, 11) is -9.78. The van der Waals surface area contributed by atoms with Crippen LogP contribution in [0.15, 0.2) is 74.4 Å². The van der Waals surface area contributed by atoms with Gasteiger partial charge in [0.25, 0.3) is 10.1 Å². The van der Waals surface area contributed by atoms with E-state index < -0.39 is 35.7 Å². The Kier molecular flexibility index (Phi) is 12.3. The van der Waals surface area contributed by atoms with Crippen LogP contribution in [0.2, 0.25) is 0 Å². The molecule has 2 aromatic carbocycles. The molecule has 0 aliphatic heterocycles. The SMILES string of the molecule is CC1=CC(=C(c2ccc(N)c(SOO[O-])c2)c2ccc(N)c(S(=O)(=O)O)c2)C=C(S(=O)(=O)[O-])C1=N.[Na+].[Na+]. The summed E-state index contributed by atoms with van der Waals surface area (Å²) in [4.78, 5) is -1.18. The summed E-state index contributed by atoms with van der Waals surface area (Å²) < 4.78 is 73.0. The fraction of sp³-hybridized carbons (Fsp3) is 0.0500. The first-order chi connectivity index (χ1) is 16.2. The van der Waals surface area contributed by atoms with E-state index in [0.29, 0.717) is 17.6 Å². The van der Waals surface area contributed by atoms with Crippen molar-refractivity contribution >= 4 is 54.9 Å². The van der Waals surface area contributed by atoms with E-state index in [-0.39, 0.29) is 97.7 Å². The monoisotopic (exact) mass is 585 g/mol. The predicted octanol–water partition coefficient (Wildman–Crippen LogP) is -4.45. The van der Waals surface area contributed by atoms with E-state index in [9.17, 15) is 31.2 Å². The van der Waals surface area contributed by atoms with Crippen LogP contribution >= 0.6 is 12.0 Å². The van der Waals surface area contributed by atoms with Crippen LogP contribution in [-0.2, 0) is 29.6 Å². The van der Waals surface area contributed by atoms with Gasteiger partial charge in [-0.15, -0.1) is 0 Å². The van der Waals surface area contributed by atoms with Crippen molar-refractivity contribution in [1.82, 2.24) is 0 Å². The number of anilines is 2. The summed E-state index contributed by atoms with van der Waals surface area (Å²) in [6.07, 6.45) is 2.41. The van der Waals surface area contributed by atoms with Crippen molar-refractivity contribution in [2.75, 3.05) is 11.5 Å². The third kappa shape index (κ3) is 8.00. The number of hydrogen-bond acceptors (Lipinski definition) is 12. The van der Waals surface area contributed by atoms with E-state index >= 15 is 0 Å². The van der Waals surface area contributed by atoms with Gasteiger partial charge in [-0.1, -0.05) is 12.1 Å². The Labute approximate surface area is 261 Å². The molecule has 2 aromatic rings. The van der Waals surface area contributed by atoms with Crippen LogP contribution in [0.4, 0.5) is 11.4 Å². The van der Waals surface area contributed by atoms with Gasteiger partial charge in [0, 0.05) is 5.69 Å². The largest absolute Gasteiger partial charge is 1.00 e. The van der Waals surface area contributed by atoms with Crippen LogP contribution in [0.1, 0.15) is 18.1 Å². The summed E-state index contributed by atoms with van der Waals surface area (Å²) in [6.45, 7) is 1.43. The van der Waals surface area contributed by atoms with E-state index in [4.69, 9.17) is 16.9 Å². The fourth-order valence-corrected chi connectivity index (χ4v) is 5.09. The first-order valence-corrected chi connectivity index (χ1v) is 12.9. The predicted molar refractivity (Wildman–Crippen MR) is 125 cm³/mol. The molecule has 0 radical (unpaired) electrons. The molecule has 186 valence electrons. The topological polar surface area (TPSA) is 229 Å². The Morgan fingerprint density at radius 2 is 1.57 bits per heavy atom. The number of nitrogens with one attached hydrogen (secondary N) is 1. The second-order valence-electron chi connectivity index (χ2n) is 7.20. The van der Waals surface area contributed by atoms with E-state index in [1.165, 1.54) is 43.3 Å². The van der Waals surface area contributed by atoms with Gasteiger partial charge in [0.2, 0.25) is 0 Å². The number of nitrogens with two attached hydrogens (primary N) is 2. The molecule has 0 fully saturated rings. The number of nitrogen functional groups attached to an aromatic ring is 2. The molecule has 0 heterocycles. The molecular weight excluding hydrogens is 568 g/mol. The van der Waals surface area contributed by atoms with Gasteiger partial charge in [0.1, 0.15) is 15.0 Å². The van der Waals surface area contributed by atoms with Crippen LogP contribution in [0.3, 0.4) is 0 Å². The van der Waals surface area contributed by atoms with Crippen LogP contribution in [0.5, 0.6) is 0 Å². The third-order valence-electron chi connectivity index (χ3n) is 4.89. The normalized spacial score (nSPS) is 15.2. The van der Waals surface area contributed by atoms with Gasteiger partial charge in [-0.05, 0) is 71.2 Å². The number of allylic oxidation sites excluding steroid dienone is 5. The van der Waals surface area contributed by atoms with Gasteiger partial charge in [-0.2, -0.15) is 12.8 Å². The number of rotatable bonds is 7. The van der Waals surface area contributed by atoms with Gasteiger partial charge in [0.15, 0.2) is 0 Å². The number of hydrogen-bond donors (Lipinski definition) is 4. The van der Waals surface area contributed by atoms with E-state index in [1.54, 1.807) is 0 Å². The van der Waals surface area contributed by atoms with Crippen molar-refractivity contribution in [3.8, 4) is 0 Å². The van der Waals surface area contributed by atoms with Crippen molar-refractivity contribution in [2.24, 2.45) is 0 Å². The Hall–Kier alpha value is -1.02. The first-order valence-electron chi connectivity index (χ1n) is 9.34. The molecule has 0 unspecified atom stereocenters. The van der Waals surface area contributed by atoms with Gasteiger partial charge in [0.05, 0.1) is 33.2 Å². The van der Waals surface area contributed by atoms with Gasteiger partial charge in [-0.3, -0.25) is 15.0 Å². The summed E-state index contributed by atoms with van der Waals surface area (Å²) in [6, 6.07) is 8.07. The maximum atomic E-state index is 11.8. The zero-order valence-corrected chi connectivity index (χ0v) is 26.2. The molecule has 0 amide bonds. The summed E-state index contributed by atoms with van der Waals surface area (Å²) in [5.41, 5.74) is 12.0. The average molecular weight is 586 g/mol. The minimum absolute atomic E-state index is 0. The average Bonchev–Trinajstić information content (AvgIpc) is 2.75. The third-order valence-corrected chi connectivity index (χ3v) is 7.32. The first kappa shape index (κ1) is 34.0. The molecule has 0 spiro atoms.